The predicted octanol–water partition coefficient (Wildman–Crippen LogP) is 1.15. The molecule has 1 aliphatic rings. The van der Waals surface area contributed by atoms with Crippen molar-refractivity contribution in [2.24, 2.45) is 5.92 Å². The minimum atomic E-state index is -2.49. The monoisotopic (exact) mass is 286 g/mol. The highest BCUT2D eigenvalue weighted by Crippen LogP contribution is 2.14. The molecule has 7 heteroatoms. The first kappa shape index (κ1) is 17.5. The average molecular weight is 287 g/mol. The molecule has 1 aliphatic heterocycles. The smallest absolute Gasteiger partial charge is 0.255 e. The van der Waals surface area contributed by atoms with E-state index in [-0.39, 0.29) is 30.8 Å². The van der Waals surface area contributed by atoms with E-state index in [0.29, 0.717) is 13.2 Å². The number of halogens is 3. The molecular weight excluding hydrogens is 266 g/mol. The maximum Gasteiger partial charge on any atom is 0.255 e. The van der Waals surface area contributed by atoms with Crippen molar-refractivity contribution in [2.45, 2.75) is 19.3 Å². The van der Waals surface area contributed by atoms with Crippen LogP contribution in [0.4, 0.5) is 8.78 Å². The van der Waals surface area contributed by atoms with Crippen LogP contribution in [0.3, 0.4) is 0 Å². The number of methoxy groups -OCH3 is 1. The molecule has 1 heterocycles. The van der Waals surface area contributed by atoms with Gasteiger partial charge in [0, 0.05) is 20.2 Å². The van der Waals surface area contributed by atoms with Crippen LogP contribution in [0, 0.1) is 5.92 Å². The van der Waals surface area contributed by atoms with E-state index in [1.54, 1.807) is 0 Å². The fourth-order valence-electron chi connectivity index (χ4n) is 1.98. The van der Waals surface area contributed by atoms with Crippen molar-refractivity contribution in [2.75, 3.05) is 39.9 Å². The largest absolute Gasteiger partial charge is 0.383 e. The molecule has 18 heavy (non-hydrogen) atoms. The minimum Gasteiger partial charge on any atom is -0.383 e. The number of ether oxygens (including phenoxy) is 1. The SMILES string of the molecule is COCCN(CC(F)F)C(=O)C1CCCNC1.Cl. The lowest BCUT2D eigenvalue weighted by molar-refractivity contribution is -0.138. The molecule has 0 aromatic rings. The quantitative estimate of drug-likeness (QED) is 0.796. The van der Waals surface area contributed by atoms with Crippen molar-refractivity contribution < 1.29 is 18.3 Å². The summed E-state index contributed by atoms with van der Waals surface area (Å²) < 4.78 is 29.6. The molecule has 1 amide bonds. The summed E-state index contributed by atoms with van der Waals surface area (Å²) in [5, 5.41) is 3.11. The Kier molecular flexibility index (Phi) is 9.23. The Hall–Kier alpha value is -0.460. The molecule has 1 atom stereocenters. The van der Waals surface area contributed by atoms with E-state index in [2.05, 4.69) is 5.32 Å². The molecule has 4 nitrogen and oxygen atoms in total. The first-order valence-corrected chi connectivity index (χ1v) is 5.91. The van der Waals surface area contributed by atoms with Gasteiger partial charge in [0.1, 0.15) is 0 Å². The number of carbonyl (C=O) groups excluding carboxylic acids is 1. The van der Waals surface area contributed by atoms with E-state index in [1.165, 1.54) is 12.0 Å². The zero-order valence-corrected chi connectivity index (χ0v) is 11.3. The average Bonchev–Trinajstić information content (AvgIpc) is 2.34. The lowest BCUT2D eigenvalue weighted by Gasteiger charge is -2.29. The highest BCUT2D eigenvalue weighted by molar-refractivity contribution is 5.85. The maximum atomic E-state index is 12.4. The minimum absolute atomic E-state index is 0. The van der Waals surface area contributed by atoms with Crippen LogP contribution in [0.2, 0.25) is 0 Å². The van der Waals surface area contributed by atoms with Gasteiger partial charge in [-0.2, -0.15) is 0 Å². The van der Waals surface area contributed by atoms with Crippen LogP contribution in [0.25, 0.3) is 0 Å². The summed E-state index contributed by atoms with van der Waals surface area (Å²) in [7, 11) is 1.49. The summed E-state index contributed by atoms with van der Waals surface area (Å²) in [6.07, 6.45) is -0.797. The molecule has 0 saturated carbocycles. The number of nitrogens with one attached hydrogen (secondary N) is 1. The van der Waals surface area contributed by atoms with E-state index in [1.807, 2.05) is 0 Å². The first-order chi connectivity index (χ1) is 8.15. The molecule has 0 aromatic carbocycles. The molecule has 0 bridgehead atoms. The van der Waals surface area contributed by atoms with Crippen LogP contribution in [-0.4, -0.2) is 57.1 Å². The molecule has 1 fully saturated rings. The molecule has 0 spiro atoms. The Labute approximate surface area is 112 Å². The zero-order valence-electron chi connectivity index (χ0n) is 10.5. The molecule has 0 aromatic heterocycles. The number of hydrogen-bond acceptors (Lipinski definition) is 3. The number of amides is 1. The standard InChI is InChI=1S/C11H20F2N2O2.ClH/c1-17-6-5-15(8-10(12)13)11(16)9-3-2-4-14-7-9;/h9-10,14H,2-8H2,1H3;1H. The van der Waals surface area contributed by atoms with Gasteiger partial charge in [-0.25, -0.2) is 8.78 Å². The fourth-order valence-corrected chi connectivity index (χ4v) is 1.98. The number of hydrogen-bond donors (Lipinski definition) is 1. The second-order valence-electron chi connectivity index (χ2n) is 4.21. The summed E-state index contributed by atoms with van der Waals surface area (Å²) in [4.78, 5) is 13.3. The van der Waals surface area contributed by atoms with Gasteiger partial charge in [0.25, 0.3) is 6.43 Å². The summed E-state index contributed by atoms with van der Waals surface area (Å²) >= 11 is 0. The number of nitrogens with zero attached hydrogens (tertiary/aromatic N) is 1. The van der Waals surface area contributed by atoms with E-state index in [4.69, 9.17) is 4.74 Å². The number of carbonyl (C=O) groups is 1. The van der Waals surface area contributed by atoms with Crippen LogP contribution in [0.1, 0.15) is 12.8 Å². The Morgan fingerprint density at radius 2 is 2.28 bits per heavy atom. The topological polar surface area (TPSA) is 41.6 Å². The van der Waals surface area contributed by atoms with Crippen molar-refractivity contribution in [1.29, 1.82) is 0 Å². The van der Waals surface area contributed by atoms with Crippen LogP contribution in [0.15, 0.2) is 0 Å². The van der Waals surface area contributed by atoms with Crippen LogP contribution in [-0.2, 0) is 9.53 Å². The summed E-state index contributed by atoms with van der Waals surface area (Å²) in [6, 6.07) is 0. The van der Waals surface area contributed by atoms with Gasteiger partial charge in [0.2, 0.25) is 5.91 Å². The summed E-state index contributed by atoms with van der Waals surface area (Å²) in [5.74, 6) is -0.353. The van der Waals surface area contributed by atoms with Gasteiger partial charge in [-0.15, -0.1) is 12.4 Å². The highest BCUT2D eigenvalue weighted by Gasteiger charge is 2.27. The van der Waals surface area contributed by atoms with E-state index >= 15 is 0 Å². The van der Waals surface area contributed by atoms with Crippen molar-refractivity contribution in [1.82, 2.24) is 10.2 Å². The Balaban J connectivity index is 0.00000289. The first-order valence-electron chi connectivity index (χ1n) is 5.91. The third-order valence-electron chi connectivity index (χ3n) is 2.88. The number of rotatable bonds is 6. The van der Waals surface area contributed by atoms with Gasteiger partial charge in [-0.1, -0.05) is 0 Å². The van der Waals surface area contributed by atoms with Gasteiger partial charge in [-0.05, 0) is 19.4 Å². The normalized spacial score (nSPS) is 19.4. The predicted molar refractivity (Wildman–Crippen MR) is 67.3 cm³/mol. The molecule has 1 unspecified atom stereocenters. The third kappa shape index (κ3) is 5.93. The van der Waals surface area contributed by atoms with Gasteiger partial charge < -0.3 is 15.0 Å². The molecular formula is C11H21ClF2N2O2. The second kappa shape index (κ2) is 9.47. The second-order valence-corrected chi connectivity index (χ2v) is 4.21. The van der Waals surface area contributed by atoms with Crippen molar-refractivity contribution in [3.63, 3.8) is 0 Å². The Morgan fingerprint density at radius 3 is 2.78 bits per heavy atom. The van der Waals surface area contributed by atoms with Crippen molar-refractivity contribution in [3.05, 3.63) is 0 Å². The van der Waals surface area contributed by atoms with Gasteiger partial charge in [0.05, 0.1) is 19.1 Å². The Bertz CT molecular complexity index is 239. The lowest BCUT2D eigenvalue weighted by Crippen LogP contribution is -2.45. The molecule has 1 saturated heterocycles. The van der Waals surface area contributed by atoms with E-state index in [0.717, 1.165) is 19.4 Å². The lowest BCUT2D eigenvalue weighted by atomic mass is 9.98. The molecule has 0 aliphatic carbocycles. The van der Waals surface area contributed by atoms with Crippen LogP contribution < -0.4 is 5.32 Å². The van der Waals surface area contributed by atoms with Crippen molar-refractivity contribution in [3.8, 4) is 0 Å². The van der Waals surface area contributed by atoms with Gasteiger partial charge in [0.15, 0.2) is 0 Å². The number of alkyl halides is 2. The number of piperidine rings is 1. The van der Waals surface area contributed by atoms with Gasteiger partial charge >= 0.3 is 0 Å². The Morgan fingerprint density at radius 1 is 1.56 bits per heavy atom. The molecule has 1 rings (SSSR count). The highest BCUT2D eigenvalue weighted by atomic mass is 35.5. The summed E-state index contributed by atoms with van der Waals surface area (Å²) in [5.41, 5.74) is 0. The van der Waals surface area contributed by atoms with E-state index in [9.17, 15) is 13.6 Å². The fraction of sp³-hybridized carbons (Fsp3) is 0.909. The zero-order chi connectivity index (χ0) is 12.7. The third-order valence-corrected chi connectivity index (χ3v) is 2.88. The van der Waals surface area contributed by atoms with Crippen LogP contribution >= 0.6 is 12.4 Å². The molecule has 108 valence electrons. The summed E-state index contributed by atoms with van der Waals surface area (Å²) in [6.45, 7) is 1.51. The molecule has 1 N–H and O–H groups in total. The van der Waals surface area contributed by atoms with Gasteiger partial charge in [-0.3, -0.25) is 4.79 Å². The maximum absolute atomic E-state index is 12.4. The van der Waals surface area contributed by atoms with Crippen molar-refractivity contribution >= 4 is 18.3 Å². The van der Waals surface area contributed by atoms with Crippen LogP contribution in [0.5, 0.6) is 0 Å². The van der Waals surface area contributed by atoms with E-state index < -0.39 is 13.0 Å². The molecule has 0 radical (unpaired) electrons.